The number of nitrogens with two attached hydrogens (primary N) is 1. The number of sulfonamides is 1. The van der Waals surface area contributed by atoms with Crippen molar-refractivity contribution in [3.05, 3.63) is 66.7 Å². The SMILES string of the molecule is CN(C)S(=O)(=O)c1cccc(N(c2ccncn2)N2CCOC(c3ccc(N)nc3)C2)c1. The molecule has 3 aromatic rings. The number of anilines is 3. The van der Waals surface area contributed by atoms with E-state index in [1.807, 2.05) is 17.1 Å². The van der Waals surface area contributed by atoms with Gasteiger partial charge in [0.2, 0.25) is 10.0 Å². The summed E-state index contributed by atoms with van der Waals surface area (Å²) in [6.07, 6.45) is 4.60. The first kappa shape index (κ1) is 22.1. The van der Waals surface area contributed by atoms with Crippen LogP contribution in [-0.2, 0) is 14.8 Å². The molecule has 0 radical (unpaired) electrons. The van der Waals surface area contributed by atoms with Crippen molar-refractivity contribution in [3.8, 4) is 0 Å². The van der Waals surface area contributed by atoms with E-state index in [1.54, 1.807) is 42.7 Å². The Labute approximate surface area is 187 Å². The summed E-state index contributed by atoms with van der Waals surface area (Å²) in [5.74, 6) is 1.07. The van der Waals surface area contributed by atoms with Gasteiger partial charge in [-0.3, -0.25) is 5.01 Å². The minimum atomic E-state index is -3.59. The molecule has 1 unspecified atom stereocenters. The summed E-state index contributed by atoms with van der Waals surface area (Å²) in [6, 6.07) is 12.2. The van der Waals surface area contributed by atoms with Crippen LogP contribution in [0.25, 0.3) is 0 Å². The fourth-order valence-electron chi connectivity index (χ4n) is 3.46. The topological polar surface area (TPSA) is 118 Å². The highest BCUT2D eigenvalue weighted by molar-refractivity contribution is 7.89. The average molecular weight is 456 g/mol. The van der Waals surface area contributed by atoms with Crippen molar-refractivity contribution in [3.63, 3.8) is 0 Å². The lowest BCUT2D eigenvalue weighted by atomic mass is 10.1. The maximum absolute atomic E-state index is 12.7. The standard InChI is InChI=1S/C21H25N7O3S/c1-26(2)32(29,30)18-5-3-4-17(12-18)28(21-8-9-23-15-25-21)27-10-11-31-19(14-27)16-6-7-20(22)24-13-16/h3-9,12-13,15,19H,10-11,14H2,1-2H3,(H2,22,24). The van der Waals surface area contributed by atoms with Crippen molar-refractivity contribution >= 4 is 27.3 Å². The van der Waals surface area contributed by atoms with Crippen LogP contribution in [0.1, 0.15) is 11.7 Å². The predicted molar refractivity (Wildman–Crippen MR) is 120 cm³/mol. The molecule has 1 aromatic carbocycles. The largest absolute Gasteiger partial charge is 0.384 e. The van der Waals surface area contributed by atoms with Crippen LogP contribution in [0.3, 0.4) is 0 Å². The monoisotopic (exact) mass is 455 g/mol. The Hall–Kier alpha value is -3.12. The van der Waals surface area contributed by atoms with Gasteiger partial charge in [-0.05, 0) is 24.3 Å². The zero-order valence-corrected chi connectivity index (χ0v) is 18.7. The van der Waals surface area contributed by atoms with E-state index in [1.165, 1.54) is 24.7 Å². The summed E-state index contributed by atoms with van der Waals surface area (Å²) < 4.78 is 32.6. The lowest BCUT2D eigenvalue weighted by Crippen LogP contribution is -2.48. The van der Waals surface area contributed by atoms with E-state index in [9.17, 15) is 8.42 Å². The number of hydrogen-bond acceptors (Lipinski definition) is 9. The minimum Gasteiger partial charge on any atom is -0.384 e. The van der Waals surface area contributed by atoms with E-state index >= 15 is 0 Å². The highest BCUT2D eigenvalue weighted by Gasteiger charge is 2.29. The van der Waals surface area contributed by atoms with E-state index in [0.29, 0.717) is 37.0 Å². The molecule has 3 heterocycles. The molecule has 1 aliphatic rings. The fourth-order valence-corrected chi connectivity index (χ4v) is 4.40. The smallest absolute Gasteiger partial charge is 0.242 e. The molecule has 2 aromatic heterocycles. The number of nitrogen functional groups attached to an aromatic ring is 1. The van der Waals surface area contributed by atoms with Gasteiger partial charge in [0, 0.05) is 51.2 Å². The molecule has 0 amide bonds. The normalized spacial score (nSPS) is 17.4. The molecule has 1 fully saturated rings. The highest BCUT2D eigenvalue weighted by Crippen LogP contribution is 2.32. The summed E-state index contributed by atoms with van der Waals surface area (Å²) >= 11 is 0. The minimum absolute atomic E-state index is 0.201. The third-order valence-corrected chi connectivity index (χ3v) is 6.94. The van der Waals surface area contributed by atoms with Crippen molar-refractivity contribution in [2.45, 2.75) is 11.0 Å². The number of hydrogen-bond donors (Lipinski definition) is 1. The lowest BCUT2D eigenvalue weighted by molar-refractivity contribution is -0.0304. The van der Waals surface area contributed by atoms with Gasteiger partial charge >= 0.3 is 0 Å². The van der Waals surface area contributed by atoms with Crippen molar-refractivity contribution < 1.29 is 13.2 Å². The van der Waals surface area contributed by atoms with Gasteiger partial charge < -0.3 is 10.5 Å². The van der Waals surface area contributed by atoms with Crippen molar-refractivity contribution in [1.29, 1.82) is 0 Å². The van der Waals surface area contributed by atoms with Crippen LogP contribution in [0.5, 0.6) is 0 Å². The molecule has 168 valence electrons. The van der Waals surface area contributed by atoms with E-state index in [4.69, 9.17) is 10.5 Å². The van der Waals surface area contributed by atoms with Crippen LogP contribution >= 0.6 is 0 Å². The van der Waals surface area contributed by atoms with Gasteiger partial charge in [-0.1, -0.05) is 12.1 Å². The number of morpholine rings is 1. The Morgan fingerprint density at radius 1 is 1.16 bits per heavy atom. The van der Waals surface area contributed by atoms with Gasteiger partial charge in [-0.15, -0.1) is 0 Å². The third-order valence-electron chi connectivity index (χ3n) is 5.13. The third kappa shape index (κ3) is 4.55. The Kier molecular flexibility index (Phi) is 6.33. The number of nitrogens with zero attached hydrogens (tertiary/aromatic N) is 6. The van der Waals surface area contributed by atoms with Gasteiger partial charge in [0.1, 0.15) is 12.1 Å². The van der Waals surface area contributed by atoms with Crippen LogP contribution < -0.4 is 10.7 Å². The average Bonchev–Trinajstić information content (AvgIpc) is 2.81. The second kappa shape index (κ2) is 9.17. The molecule has 0 bridgehead atoms. The predicted octanol–water partition coefficient (Wildman–Crippen LogP) is 1.83. The number of hydrazine groups is 1. The Morgan fingerprint density at radius 2 is 2.00 bits per heavy atom. The van der Waals surface area contributed by atoms with Gasteiger partial charge in [-0.25, -0.2) is 32.7 Å². The highest BCUT2D eigenvalue weighted by atomic mass is 32.2. The van der Waals surface area contributed by atoms with Crippen LogP contribution in [0, 0.1) is 0 Å². The number of benzene rings is 1. The van der Waals surface area contributed by atoms with Crippen LogP contribution in [0.4, 0.5) is 17.3 Å². The summed E-state index contributed by atoms with van der Waals surface area (Å²) in [5, 5.41) is 3.98. The zero-order chi connectivity index (χ0) is 22.7. The first-order valence-corrected chi connectivity index (χ1v) is 11.5. The number of rotatable bonds is 6. The fraction of sp³-hybridized carbons (Fsp3) is 0.286. The quantitative estimate of drug-likeness (QED) is 0.594. The number of aromatic nitrogens is 3. The first-order valence-electron chi connectivity index (χ1n) is 10.0. The summed E-state index contributed by atoms with van der Waals surface area (Å²) in [4.78, 5) is 12.8. The molecule has 0 saturated carbocycles. The van der Waals surface area contributed by atoms with Crippen molar-refractivity contribution in [2.24, 2.45) is 0 Å². The molecule has 10 nitrogen and oxygen atoms in total. The summed E-state index contributed by atoms with van der Waals surface area (Å²) in [7, 11) is -0.570. The zero-order valence-electron chi connectivity index (χ0n) is 17.9. The molecule has 1 aliphatic heterocycles. The van der Waals surface area contributed by atoms with E-state index < -0.39 is 10.0 Å². The molecule has 11 heteroatoms. The Balaban J connectivity index is 1.72. The van der Waals surface area contributed by atoms with Gasteiger partial charge in [0.05, 0.1) is 23.3 Å². The van der Waals surface area contributed by atoms with Gasteiger partial charge in [0.25, 0.3) is 0 Å². The van der Waals surface area contributed by atoms with Crippen LogP contribution in [-0.4, -0.2) is 66.5 Å². The molecule has 4 rings (SSSR count). The van der Waals surface area contributed by atoms with E-state index in [0.717, 1.165) is 5.56 Å². The van der Waals surface area contributed by atoms with Crippen molar-refractivity contribution in [2.75, 3.05) is 44.5 Å². The van der Waals surface area contributed by atoms with Crippen molar-refractivity contribution in [1.82, 2.24) is 24.3 Å². The molecular formula is C21H25N7O3S. The van der Waals surface area contributed by atoms with Gasteiger partial charge in [0.15, 0.2) is 5.82 Å². The maximum Gasteiger partial charge on any atom is 0.242 e. The maximum atomic E-state index is 12.7. The lowest BCUT2D eigenvalue weighted by Gasteiger charge is -2.41. The van der Waals surface area contributed by atoms with Crippen LogP contribution in [0.15, 0.2) is 66.1 Å². The Morgan fingerprint density at radius 3 is 2.69 bits per heavy atom. The van der Waals surface area contributed by atoms with E-state index in [-0.39, 0.29) is 11.0 Å². The molecule has 0 aliphatic carbocycles. The molecule has 1 saturated heterocycles. The second-order valence-corrected chi connectivity index (χ2v) is 9.60. The number of pyridine rings is 1. The van der Waals surface area contributed by atoms with E-state index in [2.05, 4.69) is 20.0 Å². The molecule has 2 N–H and O–H groups in total. The number of ether oxygens (including phenoxy) is 1. The molecule has 32 heavy (non-hydrogen) atoms. The Bertz CT molecular complexity index is 1160. The second-order valence-electron chi connectivity index (χ2n) is 7.45. The summed E-state index contributed by atoms with van der Waals surface area (Å²) in [5.41, 5.74) is 7.30. The molecule has 1 atom stereocenters. The molecule has 0 spiro atoms. The van der Waals surface area contributed by atoms with Crippen LogP contribution in [0.2, 0.25) is 0 Å². The van der Waals surface area contributed by atoms with Gasteiger partial charge in [-0.2, -0.15) is 0 Å². The molecular weight excluding hydrogens is 430 g/mol. The summed E-state index contributed by atoms with van der Waals surface area (Å²) in [6.45, 7) is 1.58. The first-order chi connectivity index (χ1) is 15.4.